The lowest BCUT2D eigenvalue weighted by molar-refractivity contribution is -0.206. The highest BCUT2D eigenvalue weighted by Crippen LogP contribution is 2.68. The molecule has 3 saturated carbocycles. The molecule has 0 unspecified atom stereocenters. The van der Waals surface area contributed by atoms with E-state index in [1.54, 1.807) is 0 Å². The Morgan fingerprint density at radius 1 is 1.23 bits per heavy atom. The third kappa shape index (κ3) is 4.42. The molecule has 0 aromatic heterocycles. The summed E-state index contributed by atoms with van der Waals surface area (Å²) in [5, 5.41) is 22.0. The van der Waals surface area contributed by atoms with Crippen LogP contribution in [0.5, 0.6) is 0 Å². The van der Waals surface area contributed by atoms with E-state index >= 15 is 0 Å². The van der Waals surface area contributed by atoms with Crippen LogP contribution in [-0.4, -0.2) is 41.2 Å². The van der Waals surface area contributed by atoms with Crippen molar-refractivity contribution in [3.05, 3.63) is 42.0 Å². The van der Waals surface area contributed by atoms with Crippen LogP contribution in [0.2, 0.25) is 0 Å². The summed E-state index contributed by atoms with van der Waals surface area (Å²) in [6, 6.07) is 6.02. The Morgan fingerprint density at radius 2 is 1.95 bits per heavy atom. The second-order valence-corrected chi connectivity index (χ2v) is 14.3. The van der Waals surface area contributed by atoms with Crippen molar-refractivity contribution in [2.24, 2.45) is 34.0 Å². The van der Waals surface area contributed by atoms with Crippen molar-refractivity contribution in [2.45, 2.75) is 111 Å². The predicted octanol–water partition coefficient (Wildman–Crippen LogP) is 4.87. The number of carbonyl (C=O) groups is 2. The molecule has 2 N–H and O–H groups in total. The zero-order chi connectivity index (χ0) is 29.3. The van der Waals surface area contributed by atoms with Crippen LogP contribution in [-0.2, 0) is 31.0 Å². The number of hydrogen-bond acceptors (Lipinski definition) is 6. The number of carbonyl (C=O) groups excluding carboxylic acids is 2. The summed E-state index contributed by atoms with van der Waals surface area (Å²) in [4.78, 5) is 26.9. The Bertz CT molecular complexity index is 1200. The standard InChI is InChI=1S/C33H47BO6/c1-8-31(6)19-26(32(7)20(2)14-16-33(21(3)29(31)37)17-15-25(35)28(32)33)39-27(36)11-9-10-22-12-13-23-24(18-22)34(38)40-30(23,4)5/h8,12-13,18,20-21,26,28-29,37-38H,1,9-11,14-17,19H2,2-7H3/t20-,21+,26-,28+,29+,31-,32+,33+/m1/s1. The Labute approximate surface area is 240 Å². The zero-order valence-electron chi connectivity index (χ0n) is 25.2. The van der Waals surface area contributed by atoms with E-state index in [-0.39, 0.29) is 41.3 Å². The lowest BCUT2D eigenvalue weighted by atomic mass is 9.44. The minimum atomic E-state index is -0.935. The van der Waals surface area contributed by atoms with Gasteiger partial charge in [0.2, 0.25) is 0 Å². The zero-order valence-corrected chi connectivity index (χ0v) is 25.2. The Morgan fingerprint density at radius 3 is 2.65 bits per heavy atom. The fourth-order valence-electron chi connectivity index (χ4n) is 9.08. The van der Waals surface area contributed by atoms with E-state index in [1.807, 2.05) is 45.0 Å². The molecule has 1 aromatic rings. The summed E-state index contributed by atoms with van der Waals surface area (Å²) < 4.78 is 12.0. The average Bonchev–Trinajstić information content (AvgIpc) is 3.37. The molecule has 0 amide bonds. The first-order valence-corrected chi connectivity index (χ1v) is 15.2. The monoisotopic (exact) mass is 550 g/mol. The number of Topliss-reactive ketones (excluding diaryl/α,β-unsaturated/α-hetero) is 1. The molecular weight excluding hydrogens is 503 g/mol. The first kappa shape index (κ1) is 29.5. The molecule has 8 atom stereocenters. The summed E-state index contributed by atoms with van der Waals surface area (Å²) >= 11 is 0. The van der Waals surface area contributed by atoms with Crippen LogP contribution in [0.1, 0.15) is 97.6 Å². The Kier molecular flexibility index (Phi) is 7.45. The third-order valence-corrected chi connectivity index (χ3v) is 11.9. The molecule has 1 aromatic carbocycles. The molecule has 1 aliphatic heterocycles. The van der Waals surface area contributed by atoms with Crippen LogP contribution in [0.15, 0.2) is 30.9 Å². The van der Waals surface area contributed by atoms with Gasteiger partial charge in [0, 0.05) is 29.6 Å². The van der Waals surface area contributed by atoms with E-state index in [1.165, 1.54) is 0 Å². The third-order valence-electron chi connectivity index (χ3n) is 11.9. The number of aryl methyl sites for hydroxylation is 1. The largest absolute Gasteiger partial charge is 0.492 e. The van der Waals surface area contributed by atoms with Crippen LogP contribution in [0.3, 0.4) is 0 Å². The maximum absolute atomic E-state index is 13.6. The number of esters is 1. The van der Waals surface area contributed by atoms with E-state index in [9.17, 15) is 19.7 Å². The predicted molar refractivity (Wildman–Crippen MR) is 156 cm³/mol. The molecule has 0 radical (unpaired) electrons. The molecule has 3 fully saturated rings. The number of rotatable bonds is 6. The molecular formula is C33H47BO6. The van der Waals surface area contributed by atoms with Gasteiger partial charge in [0.05, 0.1) is 11.7 Å². The van der Waals surface area contributed by atoms with Gasteiger partial charge in [-0.1, -0.05) is 52.0 Å². The molecule has 218 valence electrons. The normalized spacial score (nSPS) is 40.1. The fraction of sp³-hybridized carbons (Fsp3) is 0.697. The molecule has 0 saturated heterocycles. The molecule has 40 heavy (non-hydrogen) atoms. The maximum Gasteiger partial charge on any atom is 0.492 e. The van der Waals surface area contributed by atoms with Gasteiger partial charge in [0.15, 0.2) is 0 Å². The quantitative estimate of drug-likeness (QED) is 0.298. The smallest absolute Gasteiger partial charge is 0.462 e. The Balaban J connectivity index is 1.35. The highest BCUT2D eigenvalue weighted by Gasteiger charge is 2.68. The van der Waals surface area contributed by atoms with Crippen molar-refractivity contribution in [2.75, 3.05) is 0 Å². The first-order valence-electron chi connectivity index (χ1n) is 15.2. The van der Waals surface area contributed by atoms with E-state index in [2.05, 4.69) is 27.4 Å². The summed E-state index contributed by atoms with van der Waals surface area (Å²) in [6.07, 6.45) is 5.90. The molecule has 0 spiro atoms. The molecule has 4 aliphatic rings. The van der Waals surface area contributed by atoms with Gasteiger partial charge < -0.3 is 19.5 Å². The van der Waals surface area contributed by atoms with E-state index < -0.39 is 35.8 Å². The van der Waals surface area contributed by atoms with Crippen LogP contribution in [0.4, 0.5) is 0 Å². The number of fused-ring (bicyclic) bond motifs is 1. The van der Waals surface area contributed by atoms with Gasteiger partial charge in [-0.2, -0.15) is 0 Å². The van der Waals surface area contributed by atoms with Crippen LogP contribution >= 0.6 is 0 Å². The molecule has 7 heteroatoms. The van der Waals surface area contributed by atoms with Crippen molar-refractivity contribution < 1.29 is 29.1 Å². The van der Waals surface area contributed by atoms with Gasteiger partial charge in [-0.25, -0.2) is 0 Å². The van der Waals surface area contributed by atoms with Gasteiger partial charge in [-0.3, -0.25) is 9.59 Å². The van der Waals surface area contributed by atoms with Gasteiger partial charge >= 0.3 is 13.1 Å². The second-order valence-electron chi connectivity index (χ2n) is 14.3. The highest BCUT2D eigenvalue weighted by atomic mass is 16.5. The van der Waals surface area contributed by atoms with E-state index in [4.69, 9.17) is 9.39 Å². The summed E-state index contributed by atoms with van der Waals surface area (Å²) in [6.45, 7) is 16.5. The second kappa shape index (κ2) is 10.1. The van der Waals surface area contributed by atoms with E-state index in [0.29, 0.717) is 25.7 Å². The SMILES string of the molecule is C=C[C@]1(C)C[C@@H](OC(=O)CCCc2ccc3c(c2)B(O)OC3(C)C)[C@]2(C)[C@H](C)CC[C@]3(CCC(=O)[C@H]32)[C@@H](C)[C@@H]1O. The van der Waals surface area contributed by atoms with Crippen LogP contribution < -0.4 is 5.46 Å². The van der Waals surface area contributed by atoms with Crippen molar-refractivity contribution in [3.8, 4) is 0 Å². The average molecular weight is 551 g/mol. The van der Waals surface area contributed by atoms with Gasteiger partial charge in [0.25, 0.3) is 0 Å². The van der Waals surface area contributed by atoms with E-state index in [0.717, 1.165) is 35.9 Å². The molecule has 1 heterocycles. The van der Waals surface area contributed by atoms with Crippen molar-refractivity contribution in [1.82, 2.24) is 0 Å². The van der Waals surface area contributed by atoms with Crippen LogP contribution in [0, 0.1) is 34.0 Å². The van der Waals surface area contributed by atoms with Crippen molar-refractivity contribution >= 4 is 24.3 Å². The topological polar surface area (TPSA) is 93.1 Å². The summed E-state index contributed by atoms with van der Waals surface area (Å²) in [5.74, 6) is -0.0454. The number of benzene rings is 1. The van der Waals surface area contributed by atoms with Gasteiger partial charge in [0.1, 0.15) is 11.9 Å². The lowest BCUT2D eigenvalue weighted by Gasteiger charge is -2.61. The lowest BCUT2D eigenvalue weighted by Crippen LogP contribution is -2.63. The number of aliphatic hydroxyl groups excluding tert-OH is 1. The maximum atomic E-state index is 13.6. The number of ether oxygens (including phenoxy) is 1. The molecule has 6 nitrogen and oxygen atoms in total. The van der Waals surface area contributed by atoms with Gasteiger partial charge in [-0.05, 0) is 86.2 Å². The number of ketones is 1. The fourth-order valence-corrected chi connectivity index (χ4v) is 9.08. The van der Waals surface area contributed by atoms with Gasteiger partial charge in [-0.15, -0.1) is 6.58 Å². The highest BCUT2D eigenvalue weighted by molar-refractivity contribution is 6.62. The van der Waals surface area contributed by atoms with Crippen molar-refractivity contribution in [1.29, 1.82) is 0 Å². The number of aliphatic hydroxyl groups is 1. The minimum Gasteiger partial charge on any atom is -0.462 e. The summed E-state index contributed by atoms with van der Waals surface area (Å²) in [7, 11) is -0.935. The molecule has 3 aliphatic carbocycles. The first-order chi connectivity index (χ1) is 18.7. The minimum absolute atomic E-state index is 0.0442. The molecule has 2 bridgehead atoms. The summed E-state index contributed by atoms with van der Waals surface area (Å²) in [5.41, 5.74) is 0.898. The van der Waals surface area contributed by atoms with Crippen LogP contribution in [0.25, 0.3) is 0 Å². The Hall–Kier alpha value is -1.96. The van der Waals surface area contributed by atoms with Crippen molar-refractivity contribution in [3.63, 3.8) is 0 Å². The molecule has 5 rings (SSSR count). The number of hydrogen-bond donors (Lipinski definition) is 2.